The predicted octanol–water partition coefficient (Wildman–Crippen LogP) is 4.35. The lowest BCUT2D eigenvalue weighted by Gasteiger charge is -2.16. The molecule has 1 aliphatic heterocycles. The molecule has 2 aromatic carbocycles. The van der Waals surface area contributed by atoms with Gasteiger partial charge in [-0.15, -0.1) is 11.3 Å². The van der Waals surface area contributed by atoms with Crippen LogP contribution in [0.1, 0.15) is 12.1 Å². The Morgan fingerprint density at radius 3 is 2.71 bits per heavy atom. The van der Waals surface area contributed by atoms with Gasteiger partial charge in [0.25, 0.3) is 0 Å². The third-order valence-electron chi connectivity index (χ3n) is 5.37. The highest BCUT2D eigenvalue weighted by Crippen LogP contribution is 2.35. The number of fused-ring (bicyclic) bond motifs is 1. The first-order valence-electron chi connectivity index (χ1n) is 10.1. The van der Waals surface area contributed by atoms with Crippen LogP contribution in [-0.2, 0) is 16.1 Å². The van der Waals surface area contributed by atoms with Gasteiger partial charge in [0.05, 0.1) is 34.1 Å². The summed E-state index contributed by atoms with van der Waals surface area (Å²) in [6, 6.07) is 21.3. The number of carbonyl (C=O) groups is 2. The van der Waals surface area contributed by atoms with Crippen molar-refractivity contribution in [2.24, 2.45) is 5.92 Å². The van der Waals surface area contributed by atoms with Crippen molar-refractivity contribution in [3.8, 4) is 10.6 Å². The number of anilines is 1. The molecule has 7 heteroatoms. The average Bonchev–Trinajstić information content (AvgIpc) is 3.38. The van der Waals surface area contributed by atoms with Gasteiger partial charge in [-0.25, -0.2) is 4.98 Å². The Morgan fingerprint density at radius 1 is 1.06 bits per heavy atom. The van der Waals surface area contributed by atoms with Gasteiger partial charge in [-0.3, -0.25) is 14.6 Å². The van der Waals surface area contributed by atoms with Gasteiger partial charge in [-0.1, -0.05) is 30.3 Å². The van der Waals surface area contributed by atoms with E-state index in [1.807, 2.05) is 66.7 Å². The Balaban J connectivity index is 1.32. The Hall–Kier alpha value is -3.58. The van der Waals surface area contributed by atoms with Crippen LogP contribution >= 0.6 is 11.3 Å². The van der Waals surface area contributed by atoms with Crippen LogP contribution in [-0.4, -0.2) is 33.2 Å². The molecule has 1 saturated heterocycles. The number of nitrogens with one attached hydrogen (secondary N) is 1. The van der Waals surface area contributed by atoms with Crippen molar-refractivity contribution >= 4 is 39.1 Å². The molecule has 1 N–H and O–H groups in total. The van der Waals surface area contributed by atoms with Gasteiger partial charge in [-0.2, -0.15) is 0 Å². The largest absolute Gasteiger partial charge is 0.336 e. The van der Waals surface area contributed by atoms with Gasteiger partial charge in [0, 0.05) is 24.7 Å². The number of likely N-dealkylation sites (tertiary alicyclic amines) is 1. The van der Waals surface area contributed by atoms with Gasteiger partial charge < -0.3 is 10.2 Å². The first-order valence-corrected chi connectivity index (χ1v) is 10.9. The number of rotatable bonds is 5. The average molecular weight is 429 g/mol. The van der Waals surface area contributed by atoms with E-state index in [0.717, 1.165) is 26.5 Å². The Morgan fingerprint density at radius 2 is 1.87 bits per heavy atom. The van der Waals surface area contributed by atoms with E-state index in [0.29, 0.717) is 18.8 Å². The number of nitrogens with zero attached hydrogens (tertiary/aromatic N) is 3. The summed E-state index contributed by atoms with van der Waals surface area (Å²) in [6.45, 7) is 0.816. The maximum absolute atomic E-state index is 13.0. The van der Waals surface area contributed by atoms with E-state index < -0.39 is 0 Å². The van der Waals surface area contributed by atoms with Gasteiger partial charge in [-0.05, 0) is 36.4 Å². The maximum atomic E-state index is 13.0. The topological polar surface area (TPSA) is 75.2 Å². The van der Waals surface area contributed by atoms with Gasteiger partial charge in [0.2, 0.25) is 11.8 Å². The summed E-state index contributed by atoms with van der Waals surface area (Å²) in [5, 5.41) is 3.89. The van der Waals surface area contributed by atoms with Crippen LogP contribution in [0.2, 0.25) is 0 Å². The lowest BCUT2D eigenvalue weighted by molar-refractivity contribution is -0.128. The van der Waals surface area contributed by atoms with Crippen LogP contribution in [0.25, 0.3) is 20.8 Å². The lowest BCUT2D eigenvalue weighted by atomic mass is 10.1. The molecular formula is C24H20N4O2S. The molecule has 0 radical (unpaired) electrons. The molecule has 1 atom stereocenters. The molecule has 154 valence electrons. The highest BCUT2D eigenvalue weighted by molar-refractivity contribution is 7.21. The van der Waals surface area contributed by atoms with E-state index >= 15 is 0 Å². The number of benzene rings is 2. The third kappa shape index (κ3) is 4.04. The van der Waals surface area contributed by atoms with Crippen molar-refractivity contribution in [1.82, 2.24) is 14.9 Å². The first-order chi connectivity index (χ1) is 15.2. The predicted molar refractivity (Wildman–Crippen MR) is 121 cm³/mol. The SMILES string of the molecule is O=C(Nc1ccccc1-c1nc2ccccc2s1)C1CC(=O)N(Cc2ccccn2)C1. The van der Waals surface area contributed by atoms with Crippen molar-refractivity contribution in [3.05, 3.63) is 78.6 Å². The molecule has 0 bridgehead atoms. The fourth-order valence-corrected chi connectivity index (χ4v) is 4.79. The summed E-state index contributed by atoms with van der Waals surface area (Å²) in [5.41, 5.74) is 3.35. The molecule has 1 fully saturated rings. The normalized spacial score (nSPS) is 16.1. The molecule has 0 aliphatic carbocycles. The smallest absolute Gasteiger partial charge is 0.229 e. The summed E-state index contributed by atoms with van der Waals surface area (Å²) in [7, 11) is 0. The molecule has 2 aromatic heterocycles. The van der Waals surface area contributed by atoms with E-state index in [1.165, 1.54) is 0 Å². The third-order valence-corrected chi connectivity index (χ3v) is 6.44. The second-order valence-electron chi connectivity index (χ2n) is 7.52. The fraction of sp³-hybridized carbons (Fsp3) is 0.167. The van der Waals surface area contributed by atoms with E-state index in [-0.39, 0.29) is 24.2 Å². The molecule has 0 saturated carbocycles. The van der Waals surface area contributed by atoms with Gasteiger partial charge >= 0.3 is 0 Å². The van der Waals surface area contributed by atoms with Crippen LogP contribution in [0.4, 0.5) is 5.69 Å². The molecule has 0 spiro atoms. The molecule has 1 unspecified atom stereocenters. The molecule has 4 aromatic rings. The molecule has 5 rings (SSSR count). The zero-order valence-corrected chi connectivity index (χ0v) is 17.5. The molecular weight excluding hydrogens is 408 g/mol. The highest BCUT2D eigenvalue weighted by Gasteiger charge is 2.34. The molecule has 2 amide bonds. The Kier molecular flexibility index (Phi) is 5.18. The summed E-state index contributed by atoms with van der Waals surface area (Å²) in [5.74, 6) is -0.560. The quantitative estimate of drug-likeness (QED) is 0.513. The number of hydrogen-bond acceptors (Lipinski definition) is 5. The number of hydrogen-bond donors (Lipinski definition) is 1. The highest BCUT2D eigenvalue weighted by atomic mass is 32.1. The minimum Gasteiger partial charge on any atom is -0.336 e. The zero-order valence-electron chi connectivity index (χ0n) is 16.7. The van der Waals surface area contributed by atoms with Crippen molar-refractivity contribution in [1.29, 1.82) is 0 Å². The molecule has 6 nitrogen and oxygen atoms in total. The van der Waals surface area contributed by atoms with Crippen molar-refractivity contribution < 1.29 is 9.59 Å². The Bertz CT molecular complexity index is 1220. The standard InChI is InChI=1S/C24H20N4O2S/c29-22-13-16(14-28(22)15-17-7-5-6-12-25-17)23(30)26-19-9-2-1-8-18(19)24-27-20-10-3-4-11-21(20)31-24/h1-12,16H,13-15H2,(H,26,30). The van der Waals surface area contributed by atoms with Crippen molar-refractivity contribution in [3.63, 3.8) is 0 Å². The van der Waals surface area contributed by atoms with Gasteiger partial charge in [0.15, 0.2) is 0 Å². The second kappa shape index (κ2) is 8.28. The van der Waals surface area contributed by atoms with Crippen LogP contribution in [0.15, 0.2) is 72.9 Å². The Labute approximate surface area is 183 Å². The van der Waals surface area contributed by atoms with Crippen LogP contribution in [0.3, 0.4) is 0 Å². The van der Waals surface area contributed by atoms with E-state index in [1.54, 1.807) is 22.4 Å². The lowest BCUT2D eigenvalue weighted by Crippen LogP contribution is -2.28. The number of amides is 2. The monoisotopic (exact) mass is 428 g/mol. The van der Waals surface area contributed by atoms with Gasteiger partial charge in [0.1, 0.15) is 5.01 Å². The molecule has 3 heterocycles. The number of carbonyl (C=O) groups excluding carboxylic acids is 2. The van der Waals surface area contributed by atoms with Crippen LogP contribution in [0, 0.1) is 5.92 Å². The summed E-state index contributed by atoms with van der Waals surface area (Å²) >= 11 is 1.59. The van der Waals surface area contributed by atoms with E-state index in [4.69, 9.17) is 4.98 Å². The zero-order chi connectivity index (χ0) is 21.2. The second-order valence-corrected chi connectivity index (χ2v) is 8.55. The summed E-state index contributed by atoms with van der Waals surface area (Å²) < 4.78 is 1.10. The van der Waals surface area contributed by atoms with Crippen molar-refractivity contribution in [2.45, 2.75) is 13.0 Å². The molecule has 1 aliphatic rings. The number of para-hydroxylation sites is 2. The fourth-order valence-electron chi connectivity index (χ4n) is 3.79. The number of thiazole rings is 1. The number of pyridine rings is 1. The molecule has 31 heavy (non-hydrogen) atoms. The minimum atomic E-state index is -0.389. The number of aromatic nitrogens is 2. The van der Waals surface area contributed by atoms with Crippen LogP contribution in [0.5, 0.6) is 0 Å². The van der Waals surface area contributed by atoms with Crippen molar-refractivity contribution in [2.75, 3.05) is 11.9 Å². The van der Waals surface area contributed by atoms with Crippen LogP contribution < -0.4 is 5.32 Å². The maximum Gasteiger partial charge on any atom is 0.229 e. The van der Waals surface area contributed by atoms with E-state index in [9.17, 15) is 9.59 Å². The first kappa shape index (κ1) is 19.4. The summed E-state index contributed by atoms with van der Waals surface area (Å²) in [4.78, 5) is 36.1. The van der Waals surface area contributed by atoms with E-state index in [2.05, 4.69) is 10.3 Å². The summed E-state index contributed by atoms with van der Waals surface area (Å²) in [6.07, 6.45) is 1.92. The minimum absolute atomic E-state index is 0.0229.